The zero-order valence-corrected chi connectivity index (χ0v) is 26.6. The summed E-state index contributed by atoms with van der Waals surface area (Å²) < 4.78 is 5.37. The fourth-order valence-electron chi connectivity index (χ4n) is 4.84. The third-order valence-corrected chi connectivity index (χ3v) is 7.99. The molecule has 3 heterocycles. The summed E-state index contributed by atoms with van der Waals surface area (Å²) in [5.74, 6) is -2.16. The van der Waals surface area contributed by atoms with Crippen molar-refractivity contribution < 1.29 is 28.5 Å². The summed E-state index contributed by atoms with van der Waals surface area (Å²) in [7, 11) is 0. The van der Waals surface area contributed by atoms with E-state index in [9.17, 15) is 24.0 Å². The van der Waals surface area contributed by atoms with Crippen LogP contribution in [0.4, 0.5) is 0 Å². The molecule has 1 aliphatic heterocycles. The fourth-order valence-corrected chi connectivity index (χ4v) is 5.45. The van der Waals surface area contributed by atoms with Crippen LogP contribution in [-0.2, 0) is 38.6 Å². The van der Waals surface area contributed by atoms with Crippen LogP contribution in [0, 0.1) is 12.8 Å². The van der Waals surface area contributed by atoms with Crippen molar-refractivity contribution in [2.24, 2.45) is 5.92 Å². The van der Waals surface area contributed by atoms with Gasteiger partial charge in [-0.25, -0.2) is 4.98 Å². The highest BCUT2D eigenvalue weighted by Crippen LogP contribution is 2.14. The molecule has 1 aliphatic rings. The molecule has 2 aromatic heterocycles. The van der Waals surface area contributed by atoms with Crippen LogP contribution < -0.4 is 21.3 Å². The molecule has 0 saturated heterocycles. The van der Waals surface area contributed by atoms with Crippen LogP contribution in [0.15, 0.2) is 46.3 Å². The maximum atomic E-state index is 13.5. The molecule has 13 nitrogen and oxygen atoms in total. The van der Waals surface area contributed by atoms with E-state index >= 15 is 0 Å². The van der Waals surface area contributed by atoms with E-state index in [1.165, 1.54) is 29.2 Å². The quantitative estimate of drug-likeness (QED) is 0.315. The number of hydrogen-bond acceptors (Lipinski definition) is 9. The second-order valence-electron chi connectivity index (χ2n) is 11.5. The first-order valence-corrected chi connectivity index (χ1v) is 15.7. The van der Waals surface area contributed by atoms with E-state index in [-0.39, 0.29) is 55.8 Å². The topological polar surface area (TPSA) is 176 Å². The predicted octanol–water partition coefficient (Wildman–Crippen LogP) is 1.52. The minimum atomic E-state index is -1.01. The van der Waals surface area contributed by atoms with Crippen molar-refractivity contribution in [3.63, 3.8) is 0 Å². The average Bonchev–Trinajstić information content (AvgIpc) is 3.64. The maximum Gasteiger partial charge on any atom is 0.274 e. The number of rotatable bonds is 6. The van der Waals surface area contributed by atoms with E-state index in [0.717, 1.165) is 10.6 Å². The van der Waals surface area contributed by atoms with Crippen molar-refractivity contribution in [1.82, 2.24) is 36.3 Å². The minimum absolute atomic E-state index is 0.0186. The van der Waals surface area contributed by atoms with Gasteiger partial charge in [-0.15, -0.1) is 11.3 Å². The third kappa shape index (κ3) is 9.70. The summed E-state index contributed by atoms with van der Waals surface area (Å²) >= 11 is 1.44. The number of nitrogens with zero attached hydrogens (tertiary/aromatic N) is 3. The third-order valence-electron chi connectivity index (χ3n) is 7.17. The van der Waals surface area contributed by atoms with Gasteiger partial charge < -0.3 is 30.7 Å². The molecule has 0 spiro atoms. The van der Waals surface area contributed by atoms with E-state index in [0.29, 0.717) is 12.1 Å². The maximum absolute atomic E-state index is 13.5. The molecule has 1 aromatic carbocycles. The molecule has 3 atom stereocenters. The van der Waals surface area contributed by atoms with Gasteiger partial charge in [-0.1, -0.05) is 49.3 Å². The highest BCUT2D eigenvalue weighted by molar-refractivity contribution is 7.09. The molecule has 0 unspecified atom stereocenters. The van der Waals surface area contributed by atoms with Crippen molar-refractivity contribution in [1.29, 1.82) is 0 Å². The summed E-state index contributed by atoms with van der Waals surface area (Å²) in [6.07, 6.45) is 0.552. The van der Waals surface area contributed by atoms with Crippen molar-refractivity contribution in [3.8, 4) is 0 Å². The predicted molar refractivity (Wildman–Crippen MR) is 166 cm³/mol. The van der Waals surface area contributed by atoms with Gasteiger partial charge in [-0.05, 0) is 31.7 Å². The summed E-state index contributed by atoms with van der Waals surface area (Å²) in [6.45, 7) is 7.34. The zero-order chi connectivity index (χ0) is 32.5. The largest absolute Gasteiger partial charge is 0.359 e. The molecule has 45 heavy (non-hydrogen) atoms. The number of carbonyl (C=O) groups excluding carboxylic acids is 5. The van der Waals surface area contributed by atoms with Gasteiger partial charge in [0.15, 0.2) is 11.5 Å². The number of fused-ring (bicyclic) bond motifs is 2. The van der Waals surface area contributed by atoms with Gasteiger partial charge in [0.05, 0.1) is 23.7 Å². The van der Waals surface area contributed by atoms with Gasteiger partial charge in [0.1, 0.15) is 18.1 Å². The second kappa shape index (κ2) is 15.4. The number of nitrogens with one attached hydrogen (secondary N) is 4. The van der Waals surface area contributed by atoms with Crippen LogP contribution in [0.3, 0.4) is 0 Å². The van der Waals surface area contributed by atoms with E-state index in [4.69, 9.17) is 4.52 Å². The van der Waals surface area contributed by atoms with Crippen LogP contribution in [-0.4, -0.2) is 75.8 Å². The van der Waals surface area contributed by atoms with Gasteiger partial charge in [-0.3, -0.25) is 24.0 Å². The normalized spacial score (nSPS) is 20.5. The molecule has 0 aliphatic carbocycles. The molecular weight excluding hydrogens is 598 g/mol. The summed E-state index contributed by atoms with van der Waals surface area (Å²) in [5.41, 5.74) is 1.39. The molecule has 0 radical (unpaired) electrons. The molecule has 240 valence electrons. The number of benzene rings is 1. The van der Waals surface area contributed by atoms with Gasteiger partial charge in [0.2, 0.25) is 23.6 Å². The lowest BCUT2D eigenvalue weighted by Gasteiger charge is -2.26. The number of thiazole rings is 1. The number of aromatic nitrogens is 2. The van der Waals surface area contributed by atoms with Gasteiger partial charge in [0, 0.05) is 31.0 Å². The molecule has 14 heteroatoms. The molecule has 4 N–H and O–H groups in total. The van der Waals surface area contributed by atoms with Gasteiger partial charge >= 0.3 is 0 Å². The van der Waals surface area contributed by atoms with E-state index < -0.39 is 41.8 Å². The molecule has 5 amide bonds. The van der Waals surface area contributed by atoms with Crippen LogP contribution in [0.5, 0.6) is 0 Å². The Labute approximate surface area is 265 Å². The first-order valence-electron chi connectivity index (χ1n) is 14.9. The molecule has 0 saturated carbocycles. The standard InChI is InChI=1S/C31H39N7O6S/c1-18(2)12-24-30(42)36-25(13-21-8-6-5-7-9-21)29(41)32-10-11-38(27(39)14-22-17-45-20(4)34-22)16-23-15-26(37-44-23)31(43)33-19(3)28(40)35-24/h5-9,15,17-19,24-25H,10-14,16H2,1-4H3,(H,32,41)(H,33,43)(H,35,40)(H,36,42)/t19-,24-,25-/m1/s1. The van der Waals surface area contributed by atoms with E-state index in [1.54, 1.807) is 0 Å². The van der Waals surface area contributed by atoms with Crippen molar-refractivity contribution in [2.75, 3.05) is 13.1 Å². The van der Waals surface area contributed by atoms with Crippen molar-refractivity contribution >= 4 is 40.9 Å². The number of amides is 5. The highest BCUT2D eigenvalue weighted by Gasteiger charge is 2.30. The molecule has 3 aromatic rings. The Morgan fingerprint density at radius 3 is 2.47 bits per heavy atom. The monoisotopic (exact) mass is 637 g/mol. The fraction of sp³-hybridized carbons (Fsp3) is 0.452. The Balaban J connectivity index is 1.62. The first-order chi connectivity index (χ1) is 21.5. The Hall–Kier alpha value is -4.59. The van der Waals surface area contributed by atoms with Crippen molar-refractivity contribution in [3.05, 3.63) is 69.5 Å². The highest BCUT2D eigenvalue weighted by atomic mass is 32.1. The van der Waals surface area contributed by atoms with Crippen molar-refractivity contribution in [2.45, 2.75) is 71.6 Å². The number of hydrogen-bond donors (Lipinski definition) is 4. The van der Waals surface area contributed by atoms with E-state index in [1.807, 2.05) is 56.5 Å². The smallest absolute Gasteiger partial charge is 0.274 e. The Morgan fingerprint density at radius 2 is 1.78 bits per heavy atom. The summed E-state index contributed by atoms with van der Waals surface area (Å²) in [4.78, 5) is 72.2. The Bertz CT molecular complexity index is 1500. The minimum Gasteiger partial charge on any atom is -0.359 e. The number of aryl methyl sites for hydroxylation is 1. The molecule has 2 bridgehead atoms. The van der Waals surface area contributed by atoms with Crippen LogP contribution in [0.2, 0.25) is 0 Å². The SMILES string of the molecule is Cc1nc(CC(=O)N2CCNC(=O)[C@@H](Cc3ccccc3)NC(=O)[C@@H](CC(C)C)NC(=O)[C@@H](C)NC(=O)c3cc(on3)C2)cs1. The van der Waals surface area contributed by atoms with Gasteiger partial charge in [-0.2, -0.15) is 0 Å². The summed E-state index contributed by atoms with van der Waals surface area (Å²) in [5, 5.41) is 17.4. The van der Waals surface area contributed by atoms with Crippen LogP contribution in [0.25, 0.3) is 0 Å². The molecular formula is C31H39N7O6S. The first kappa shape index (κ1) is 33.3. The zero-order valence-electron chi connectivity index (χ0n) is 25.8. The van der Waals surface area contributed by atoms with Crippen LogP contribution in [0.1, 0.15) is 59.7 Å². The Morgan fingerprint density at radius 1 is 1.04 bits per heavy atom. The Kier molecular flexibility index (Phi) is 11.4. The lowest BCUT2D eigenvalue weighted by atomic mass is 10.0. The van der Waals surface area contributed by atoms with Crippen LogP contribution >= 0.6 is 11.3 Å². The second-order valence-corrected chi connectivity index (χ2v) is 12.5. The average molecular weight is 638 g/mol. The lowest BCUT2D eigenvalue weighted by Crippen LogP contribution is -2.57. The molecule has 0 fully saturated rings. The summed E-state index contributed by atoms with van der Waals surface area (Å²) in [6, 6.07) is 7.73. The van der Waals surface area contributed by atoms with E-state index in [2.05, 4.69) is 31.4 Å². The molecule has 4 rings (SSSR count). The lowest BCUT2D eigenvalue weighted by molar-refractivity contribution is -0.133. The number of carbonyl (C=O) groups is 5. The van der Waals surface area contributed by atoms with Gasteiger partial charge in [0.25, 0.3) is 5.91 Å².